The molecule has 0 atom stereocenters. The molecule has 0 bridgehead atoms. The number of carbonyl (C=O) groups is 2. The summed E-state index contributed by atoms with van der Waals surface area (Å²) in [5, 5.41) is 6.64. The predicted octanol–water partition coefficient (Wildman–Crippen LogP) is 5.70. The molecule has 3 rings (SSSR count). The number of benzene rings is 1. The number of thiazole rings is 1. The number of nitrogens with one attached hydrogen (secondary N) is 2. The van der Waals surface area contributed by atoms with Crippen LogP contribution in [0.25, 0.3) is 9.88 Å². The summed E-state index contributed by atoms with van der Waals surface area (Å²) in [7, 11) is 0. The third-order valence-electron chi connectivity index (χ3n) is 3.33. The van der Waals surface area contributed by atoms with Crippen LogP contribution in [-0.2, 0) is 4.79 Å². The van der Waals surface area contributed by atoms with Crippen molar-refractivity contribution in [3.8, 4) is 9.88 Å². The van der Waals surface area contributed by atoms with Gasteiger partial charge >= 0.3 is 0 Å². The second kappa shape index (κ2) is 7.75. The highest BCUT2D eigenvalue weighted by molar-refractivity contribution is 7.24. The topological polar surface area (TPSA) is 71.1 Å². The van der Waals surface area contributed by atoms with Crippen LogP contribution in [0.1, 0.15) is 22.3 Å². The van der Waals surface area contributed by atoms with Gasteiger partial charge < -0.3 is 10.6 Å². The predicted molar refractivity (Wildman–Crippen MR) is 109 cm³/mol. The Morgan fingerprint density at radius 2 is 1.81 bits per heavy atom. The van der Waals surface area contributed by atoms with Gasteiger partial charge in [0.2, 0.25) is 5.91 Å². The van der Waals surface area contributed by atoms with Crippen molar-refractivity contribution >= 4 is 69.1 Å². The Hall–Kier alpha value is -1.93. The average molecular weight is 426 g/mol. The molecular formula is C17H13Cl2N3O2S2. The molecule has 2 N–H and O–H groups in total. The van der Waals surface area contributed by atoms with Gasteiger partial charge in [-0.25, -0.2) is 4.98 Å². The zero-order valence-electron chi connectivity index (χ0n) is 13.7. The highest BCUT2D eigenvalue weighted by Gasteiger charge is 2.18. The summed E-state index contributed by atoms with van der Waals surface area (Å²) in [5.74, 6) is -0.559. The zero-order valence-corrected chi connectivity index (χ0v) is 16.9. The minimum Gasteiger partial charge on any atom is -0.325 e. The van der Waals surface area contributed by atoms with E-state index < -0.39 is 0 Å². The Bertz CT molecular complexity index is 998. The van der Waals surface area contributed by atoms with Gasteiger partial charge in [-0.2, -0.15) is 0 Å². The molecule has 0 saturated heterocycles. The van der Waals surface area contributed by atoms with Crippen molar-refractivity contribution in [2.24, 2.45) is 0 Å². The van der Waals surface area contributed by atoms with E-state index in [1.807, 2.05) is 6.07 Å². The van der Waals surface area contributed by atoms with E-state index in [0.717, 1.165) is 9.88 Å². The first-order chi connectivity index (χ1) is 12.3. The molecule has 0 aliphatic heterocycles. The van der Waals surface area contributed by atoms with Gasteiger partial charge in [0.1, 0.15) is 9.88 Å². The Morgan fingerprint density at radius 1 is 1.04 bits per heavy atom. The fraction of sp³-hybridized carbons (Fsp3) is 0.118. The number of aryl methyl sites for hydroxylation is 1. The molecule has 2 heterocycles. The van der Waals surface area contributed by atoms with Crippen LogP contribution in [0.3, 0.4) is 0 Å². The van der Waals surface area contributed by atoms with Gasteiger partial charge in [-0.15, -0.1) is 22.7 Å². The minimum atomic E-state index is -0.317. The van der Waals surface area contributed by atoms with Crippen molar-refractivity contribution in [1.29, 1.82) is 0 Å². The summed E-state index contributed by atoms with van der Waals surface area (Å²) >= 11 is 14.7. The fourth-order valence-corrected chi connectivity index (χ4v) is 4.47. The van der Waals surface area contributed by atoms with E-state index >= 15 is 0 Å². The van der Waals surface area contributed by atoms with Crippen molar-refractivity contribution in [2.45, 2.75) is 13.8 Å². The maximum absolute atomic E-state index is 12.7. The van der Waals surface area contributed by atoms with Crippen LogP contribution in [0.2, 0.25) is 9.36 Å². The molecule has 26 heavy (non-hydrogen) atoms. The van der Waals surface area contributed by atoms with Crippen molar-refractivity contribution in [1.82, 2.24) is 4.98 Å². The number of rotatable bonds is 4. The van der Waals surface area contributed by atoms with Crippen LogP contribution in [0, 0.1) is 6.92 Å². The van der Waals surface area contributed by atoms with Crippen LogP contribution in [0.15, 0.2) is 30.3 Å². The number of aromatic nitrogens is 1. The smallest absolute Gasteiger partial charge is 0.267 e. The molecule has 0 spiro atoms. The lowest BCUT2D eigenvalue weighted by Crippen LogP contribution is -2.15. The molecule has 0 unspecified atom stereocenters. The first kappa shape index (κ1) is 18.8. The molecule has 9 heteroatoms. The Labute approximate surface area is 168 Å². The summed E-state index contributed by atoms with van der Waals surface area (Å²) in [6, 6.07) is 8.53. The van der Waals surface area contributed by atoms with Gasteiger partial charge in [-0.3, -0.25) is 9.59 Å². The van der Waals surface area contributed by atoms with E-state index in [9.17, 15) is 9.59 Å². The second-order valence-corrected chi connectivity index (χ2v) is 8.51. The summed E-state index contributed by atoms with van der Waals surface area (Å²) in [6.07, 6.45) is 0. The first-order valence-corrected chi connectivity index (χ1v) is 9.84. The standard InChI is InChI=1S/C17H13Cl2N3O2S2/c1-8-15(26-17(20-8)13-5-6-14(19)25-13)16(24)22-12-7-10(18)3-4-11(12)21-9(2)23/h3-7H,1-2H3,(H,21,23)(H,22,24). The van der Waals surface area contributed by atoms with Crippen molar-refractivity contribution in [3.05, 3.63) is 50.3 Å². The van der Waals surface area contributed by atoms with Crippen molar-refractivity contribution in [2.75, 3.05) is 10.6 Å². The molecule has 0 aliphatic carbocycles. The number of amides is 2. The summed E-state index contributed by atoms with van der Waals surface area (Å²) < 4.78 is 0.665. The highest BCUT2D eigenvalue weighted by Crippen LogP contribution is 2.35. The number of halogens is 2. The number of anilines is 2. The van der Waals surface area contributed by atoms with E-state index in [-0.39, 0.29) is 11.8 Å². The van der Waals surface area contributed by atoms with Crippen molar-refractivity contribution < 1.29 is 9.59 Å². The van der Waals surface area contributed by atoms with E-state index in [0.29, 0.717) is 31.3 Å². The first-order valence-electron chi connectivity index (χ1n) is 7.45. The Balaban J connectivity index is 1.88. The third-order valence-corrected chi connectivity index (χ3v) is 6.12. The van der Waals surface area contributed by atoms with E-state index in [1.165, 1.54) is 29.6 Å². The molecule has 0 fully saturated rings. The minimum absolute atomic E-state index is 0.242. The van der Waals surface area contributed by atoms with Gasteiger partial charge in [-0.05, 0) is 37.3 Å². The summed E-state index contributed by atoms with van der Waals surface area (Å²) in [6.45, 7) is 3.17. The molecule has 134 valence electrons. The molecule has 1 aromatic carbocycles. The lowest BCUT2D eigenvalue weighted by atomic mass is 10.2. The lowest BCUT2D eigenvalue weighted by molar-refractivity contribution is -0.114. The maximum Gasteiger partial charge on any atom is 0.267 e. The Morgan fingerprint density at radius 3 is 2.46 bits per heavy atom. The third kappa shape index (κ3) is 4.24. The van der Waals surface area contributed by atoms with Crippen LogP contribution < -0.4 is 10.6 Å². The van der Waals surface area contributed by atoms with Gasteiger partial charge in [0.25, 0.3) is 5.91 Å². The molecular weight excluding hydrogens is 413 g/mol. The molecule has 0 aliphatic rings. The SMILES string of the molecule is CC(=O)Nc1ccc(Cl)cc1NC(=O)c1sc(-c2ccc(Cl)s2)nc1C. The number of thiophene rings is 1. The normalized spacial score (nSPS) is 10.6. The van der Waals surface area contributed by atoms with Crippen LogP contribution >= 0.6 is 45.9 Å². The van der Waals surface area contributed by atoms with E-state index in [2.05, 4.69) is 15.6 Å². The van der Waals surface area contributed by atoms with Crippen LogP contribution in [0.4, 0.5) is 11.4 Å². The number of carbonyl (C=O) groups excluding carboxylic acids is 2. The summed E-state index contributed by atoms with van der Waals surface area (Å²) in [4.78, 5) is 29.9. The summed E-state index contributed by atoms with van der Waals surface area (Å²) in [5.41, 5.74) is 1.52. The van der Waals surface area contributed by atoms with Gasteiger partial charge in [0.05, 0.1) is 26.3 Å². The largest absolute Gasteiger partial charge is 0.325 e. The molecule has 0 radical (unpaired) electrons. The van der Waals surface area contributed by atoms with Gasteiger partial charge in [-0.1, -0.05) is 23.2 Å². The lowest BCUT2D eigenvalue weighted by Gasteiger charge is -2.11. The molecule has 3 aromatic rings. The van der Waals surface area contributed by atoms with Gasteiger partial charge in [0, 0.05) is 11.9 Å². The number of hydrogen-bond acceptors (Lipinski definition) is 5. The van der Waals surface area contributed by atoms with Crippen molar-refractivity contribution in [3.63, 3.8) is 0 Å². The molecule has 2 aromatic heterocycles. The Kier molecular flexibility index (Phi) is 5.62. The van der Waals surface area contributed by atoms with Crippen LogP contribution in [0.5, 0.6) is 0 Å². The fourth-order valence-electron chi connectivity index (χ4n) is 2.24. The maximum atomic E-state index is 12.7. The van der Waals surface area contributed by atoms with Gasteiger partial charge in [0.15, 0.2) is 0 Å². The van der Waals surface area contributed by atoms with Crippen LogP contribution in [-0.4, -0.2) is 16.8 Å². The molecule has 0 saturated carbocycles. The average Bonchev–Trinajstić information content (AvgIpc) is 3.15. The monoisotopic (exact) mass is 425 g/mol. The highest BCUT2D eigenvalue weighted by atomic mass is 35.5. The molecule has 2 amide bonds. The molecule has 5 nitrogen and oxygen atoms in total. The van der Waals surface area contributed by atoms with E-state index in [1.54, 1.807) is 31.2 Å². The second-order valence-electron chi connectivity index (χ2n) is 5.36. The number of hydrogen-bond donors (Lipinski definition) is 2. The quantitative estimate of drug-likeness (QED) is 0.563. The van der Waals surface area contributed by atoms with E-state index in [4.69, 9.17) is 23.2 Å². The zero-order chi connectivity index (χ0) is 18.8. The number of nitrogens with zero attached hydrogens (tertiary/aromatic N) is 1.